The molecule has 0 saturated carbocycles. The number of rotatable bonds is 5. The molecule has 1 unspecified atom stereocenters. The van der Waals surface area contributed by atoms with Gasteiger partial charge in [-0.1, -0.05) is 39.0 Å². The molecule has 8 nitrogen and oxygen atoms in total. The number of hydrogen-bond acceptors (Lipinski definition) is 8. The Morgan fingerprint density at radius 3 is 2.89 bits per heavy atom. The van der Waals surface area contributed by atoms with E-state index in [-0.39, 0.29) is 0 Å². The second kappa shape index (κ2) is 16.1. The molecule has 2 aliphatic rings. The summed E-state index contributed by atoms with van der Waals surface area (Å²) in [5, 5.41) is 3.34. The lowest BCUT2D eigenvalue weighted by molar-refractivity contribution is 0.161. The smallest absolute Gasteiger partial charge is 0.227 e. The molecule has 0 aromatic carbocycles. The minimum absolute atomic E-state index is 0.414. The second-order valence-electron chi connectivity index (χ2n) is 8.59. The molecule has 6 bridgehead atoms. The van der Waals surface area contributed by atoms with E-state index >= 15 is 0 Å². The highest BCUT2D eigenvalue weighted by atomic mass is 32.2. The largest absolute Gasteiger partial charge is 0.492 e. The van der Waals surface area contributed by atoms with Gasteiger partial charge < -0.3 is 19.2 Å². The van der Waals surface area contributed by atoms with Crippen LogP contribution in [0, 0.1) is 0 Å². The second-order valence-corrected chi connectivity index (χ2v) is 10.5. The molecule has 206 valence electrons. The number of nitrogens with one attached hydrogen (secondary N) is 1. The molecule has 3 heterocycles. The van der Waals surface area contributed by atoms with Crippen molar-refractivity contribution in [1.82, 2.24) is 14.9 Å². The zero-order chi connectivity index (χ0) is 27.2. The first kappa shape index (κ1) is 29.5. The lowest BCUT2D eigenvalue weighted by Crippen LogP contribution is -2.23. The third-order valence-corrected chi connectivity index (χ3v) is 7.05. The van der Waals surface area contributed by atoms with Crippen molar-refractivity contribution in [1.29, 1.82) is 0 Å². The first-order valence-corrected chi connectivity index (χ1v) is 14.8. The van der Waals surface area contributed by atoms with E-state index in [1.807, 2.05) is 57.2 Å². The monoisotopic (exact) mass is 540 g/mol. The standard InChI is InChI=1S/C27H34N4O4S.C2H6/c1-3-36(32)19-18-34-25-10-8-22-7-6-21(25)20-31(2)15-4-5-16-33-17-13-23-9-11-26(35-23)24-12-14-28-27(29-22)30-24;1-2/h4-6,8-12,14H,3,7,13,15-20H2,1-2H3,(H,28,29,30);1-2H3/b5-4+;. The van der Waals surface area contributed by atoms with E-state index in [9.17, 15) is 4.21 Å². The Morgan fingerprint density at radius 2 is 2.05 bits per heavy atom. The maximum atomic E-state index is 11.9. The summed E-state index contributed by atoms with van der Waals surface area (Å²) in [6.07, 6.45) is 13.4. The highest BCUT2D eigenvalue weighted by Crippen LogP contribution is 2.24. The van der Waals surface area contributed by atoms with Crippen molar-refractivity contribution >= 4 is 16.7 Å². The molecule has 2 aromatic heterocycles. The fourth-order valence-electron chi connectivity index (χ4n) is 3.80. The molecule has 1 N–H and O–H groups in total. The van der Waals surface area contributed by atoms with Crippen molar-refractivity contribution in [2.45, 2.75) is 33.6 Å². The van der Waals surface area contributed by atoms with Crippen LogP contribution in [0.25, 0.3) is 11.5 Å². The van der Waals surface area contributed by atoms with Gasteiger partial charge >= 0.3 is 0 Å². The summed E-state index contributed by atoms with van der Waals surface area (Å²) in [5.74, 6) is 4.01. The van der Waals surface area contributed by atoms with Crippen molar-refractivity contribution in [2.75, 3.05) is 56.8 Å². The van der Waals surface area contributed by atoms with Gasteiger partial charge in [-0.2, -0.15) is 0 Å². The van der Waals surface area contributed by atoms with Gasteiger partial charge in [0.25, 0.3) is 0 Å². The van der Waals surface area contributed by atoms with Gasteiger partial charge in [0.15, 0.2) is 5.76 Å². The summed E-state index contributed by atoms with van der Waals surface area (Å²) in [6, 6.07) is 5.73. The molecular weight excluding hydrogens is 500 g/mol. The average molecular weight is 541 g/mol. The molecule has 0 fully saturated rings. The van der Waals surface area contributed by atoms with Crippen LogP contribution in [0.2, 0.25) is 0 Å². The van der Waals surface area contributed by atoms with Gasteiger partial charge in [0.1, 0.15) is 17.2 Å². The zero-order valence-electron chi connectivity index (χ0n) is 22.9. The highest BCUT2D eigenvalue weighted by molar-refractivity contribution is 7.84. The number of aromatic nitrogens is 2. The minimum atomic E-state index is -0.865. The quantitative estimate of drug-likeness (QED) is 0.523. The van der Waals surface area contributed by atoms with E-state index in [0.29, 0.717) is 61.6 Å². The molecular formula is C29H40N4O4S. The first-order chi connectivity index (χ1) is 18.6. The molecule has 2 aromatic rings. The molecule has 0 radical (unpaired) electrons. The summed E-state index contributed by atoms with van der Waals surface area (Å²) in [4.78, 5) is 11.3. The van der Waals surface area contributed by atoms with Crippen LogP contribution in [0.15, 0.2) is 76.2 Å². The Morgan fingerprint density at radius 1 is 1.18 bits per heavy atom. The van der Waals surface area contributed by atoms with E-state index in [0.717, 1.165) is 35.9 Å². The number of likely N-dealkylation sites (N-methyl/N-ethyl adjacent to an activating group) is 1. The molecule has 0 amide bonds. The topological polar surface area (TPSA) is 89.7 Å². The third-order valence-electron chi connectivity index (χ3n) is 5.78. The van der Waals surface area contributed by atoms with Gasteiger partial charge in [-0.15, -0.1) is 0 Å². The van der Waals surface area contributed by atoms with Crippen molar-refractivity contribution in [2.24, 2.45) is 0 Å². The van der Waals surface area contributed by atoms with Gasteiger partial charge in [-0.3, -0.25) is 9.11 Å². The molecule has 38 heavy (non-hydrogen) atoms. The summed E-state index contributed by atoms with van der Waals surface area (Å²) < 4.78 is 29.7. The number of nitrogens with zero attached hydrogens (tertiary/aromatic N) is 3. The van der Waals surface area contributed by atoms with Crippen molar-refractivity contribution in [3.05, 3.63) is 77.6 Å². The van der Waals surface area contributed by atoms with E-state index in [2.05, 4.69) is 39.4 Å². The van der Waals surface area contributed by atoms with E-state index in [1.165, 1.54) is 0 Å². The number of furan rings is 1. The lowest BCUT2D eigenvalue weighted by atomic mass is 10.1. The maximum absolute atomic E-state index is 11.9. The Labute approximate surface area is 229 Å². The predicted octanol–water partition coefficient (Wildman–Crippen LogP) is 5.12. The molecule has 1 aliphatic heterocycles. The van der Waals surface area contributed by atoms with E-state index < -0.39 is 10.8 Å². The van der Waals surface area contributed by atoms with Crippen molar-refractivity contribution in [3.63, 3.8) is 0 Å². The summed E-state index contributed by atoms with van der Waals surface area (Å²) in [7, 11) is 1.21. The van der Waals surface area contributed by atoms with E-state index in [4.69, 9.17) is 13.9 Å². The number of ether oxygens (including phenoxy) is 2. The number of anilines is 1. The summed E-state index contributed by atoms with van der Waals surface area (Å²) in [6.45, 7) is 8.99. The Balaban J connectivity index is 0.00000195. The molecule has 4 rings (SSSR count). The van der Waals surface area contributed by atoms with Crippen LogP contribution in [0.4, 0.5) is 5.95 Å². The van der Waals surface area contributed by atoms with Crippen LogP contribution in [0.3, 0.4) is 0 Å². The molecule has 9 heteroatoms. The van der Waals surface area contributed by atoms with Crippen LogP contribution in [-0.2, 0) is 26.7 Å². The van der Waals surface area contributed by atoms with E-state index in [1.54, 1.807) is 6.20 Å². The first-order valence-electron chi connectivity index (χ1n) is 13.3. The molecule has 1 aliphatic carbocycles. The average Bonchev–Trinajstić information content (AvgIpc) is 3.34. The van der Waals surface area contributed by atoms with Crippen LogP contribution >= 0.6 is 0 Å². The van der Waals surface area contributed by atoms with Crippen LogP contribution in [0.1, 0.15) is 33.0 Å². The normalized spacial score (nSPS) is 18.4. The Bertz CT molecular complexity index is 1170. The highest BCUT2D eigenvalue weighted by Gasteiger charge is 2.14. The fraction of sp³-hybridized carbons (Fsp3) is 0.448. The molecule has 0 spiro atoms. The maximum Gasteiger partial charge on any atom is 0.227 e. The molecule has 1 atom stereocenters. The predicted molar refractivity (Wildman–Crippen MR) is 154 cm³/mol. The SMILES string of the molecule is CC.CCS(=O)CCOC1=CC=C2CC=C1CN(C)C/C=C/COCCc1ccc(o1)-c1ccnc(n1)N2. The number of hydrogen-bond donors (Lipinski definition) is 1. The Hall–Kier alpha value is -3.01. The van der Waals surface area contributed by atoms with Crippen LogP contribution < -0.4 is 5.32 Å². The van der Waals surface area contributed by atoms with Gasteiger partial charge in [-0.25, -0.2) is 9.97 Å². The van der Waals surface area contributed by atoms with Gasteiger partial charge in [-0.05, 0) is 37.4 Å². The summed E-state index contributed by atoms with van der Waals surface area (Å²) in [5.41, 5.74) is 2.76. The van der Waals surface area contributed by atoms with Crippen LogP contribution in [-0.4, -0.2) is 70.5 Å². The minimum Gasteiger partial charge on any atom is -0.492 e. The van der Waals surface area contributed by atoms with Gasteiger partial charge in [0.2, 0.25) is 5.95 Å². The fourth-order valence-corrected chi connectivity index (χ4v) is 4.36. The summed E-state index contributed by atoms with van der Waals surface area (Å²) >= 11 is 0. The van der Waals surface area contributed by atoms with Crippen LogP contribution in [0.5, 0.6) is 0 Å². The lowest BCUT2D eigenvalue weighted by Gasteiger charge is -2.19. The third kappa shape index (κ3) is 9.38. The Kier molecular flexibility index (Phi) is 12.5. The number of allylic oxidation sites excluding steroid dienone is 3. The van der Waals surface area contributed by atoms with Crippen molar-refractivity contribution in [3.8, 4) is 11.5 Å². The van der Waals surface area contributed by atoms with Gasteiger partial charge in [0, 0.05) is 60.0 Å². The molecule has 0 saturated heterocycles. The van der Waals surface area contributed by atoms with Gasteiger partial charge in [0.05, 0.1) is 25.6 Å². The zero-order valence-corrected chi connectivity index (χ0v) is 23.8. The number of fused-ring (bicyclic) bond motifs is 7. The van der Waals surface area contributed by atoms with Crippen molar-refractivity contribution < 1.29 is 18.1 Å².